The van der Waals surface area contributed by atoms with Crippen LogP contribution in [0.5, 0.6) is 0 Å². The first-order chi connectivity index (χ1) is 32.1. The van der Waals surface area contributed by atoms with Crippen LogP contribution in [0.3, 0.4) is 0 Å². The number of esters is 3. The Morgan fingerprint density at radius 3 is 2.25 bits per heavy atom. The van der Waals surface area contributed by atoms with Gasteiger partial charge in [0.1, 0.15) is 23.6 Å². The minimum Gasteiger partial charge on any atom is -0.489 e. The fraction of sp³-hybridized carbons (Fsp3) is 0.529. The summed E-state index contributed by atoms with van der Waals surface area (Å²) < 4.78 is 50.7. The monoisotopic (exact) mass is 955 g/mol. The Hall–Kier alpha value is -5.67. The van der Waals surface area contributed by atoms with Crippen LogP contribution >= 0.6 is 11.8 Å². The highest BCUT2D eigenvalue weighted by atomic mass is 32.2. The summed E-state index contributed by atoms with van der Waals surface area (Å²) in [6.07, 6.45) is -2.49. The van der Waals surface area contributed by atoms with Crippen LogP contribution in [0.4, 0.5) is 9.59 Å². The van der Waals surface area contributed by atoms with Crippen LogP contribution < -0.4 is 5.32 Å². The molecule has 2 bridgehead atoms. The van der Waals surface area contributed by atoms with E-state index in [1.54, 1.807) is 115 Å². The number of terminal acetylenes is 1. The Kier molecular flexibility index (Phi) is 12.7. The molecule has 17 heteroatoms. The summed E-state index contributed by atoms with van der Waals surface area (Å²) >= 11 is 0.816. The lowest BCUT2D eigenvalue weighted by molar-refractivity contribution is -0.345. The van der Waals surface area contributed by atoms with Gasteiger partial charge in [-0.25, -0.2) is 19.2 Å². The number of methoxy groups -OCH3 is 1. The standard InChI is InChI=1S/C51H57NO15S/c1-11-48(8)34-26(3)37(63-44(57)36(54)35(28-19-15-13-16-20-28)52-45(58)67-47(5,6)7)41-51(48,30-23-31(30)62-41)42(65-43(56)29-21-17-14-18-22-29)39-49(9,40(55)38(34)64-46(59)68-12-2)32(60-10)24-33-50(39,25-61-33)66-27(4)53/h1,13-23,30,32-33,35-39,41-42,54H,12,24-25H2,2-10H3,(H,52,58)/t30?,32-,33+,35-,36+,37+,38+,39-,41-,42-,48-,49+,50-,51-/m0/s1. The van der Waals surface area contributed by atoms with E-state index in [9.17, 15) is 29.1 Å². The molecule has 14 atom stereocenters. The lowest BCUT2D eigenvalue weighted by atomic mass is 9.39. The number of fused-ring (bicyclic) bond motifs is 5. The second-order valence-electron chi connectivity index (χ2n) is 19.5. The highest BCUT2D eigenvalue weighted by Gasteiger charge is 2.85. The number of ketones is 1. The molecule has 2 heterocycles. The zero-order valence-electron chi connectivity index (χ0n) is 39.4. The van der Waals surface area contributed by atoms with Gasteiger partial charge >= 0.3 is 29.3 Å². The van der Waals surface area contributed by atoms with E-state index < -0.39 is 123 Å². The highest BCUT2D eigenvalue weighted by molar-refractivity contribution is 8.13. The van der Waals surface area contributed by atoms with Crippen molar-refractivity contribution in [2.45, 2.75) is 122 Å². The molecule has 4 fully saturated rings. The van der Waals surface area contributed by atoms with Crippen molar-refractivity contribution in [3.63, 3.8) is 0 Å². The molecular formula is C51H57NO15S. The first kappa shape index (κ1) is 48.8. The minimum atomic E-state index is -2.08. The van der Waals surface area contributed by atoms with Crippen LogP contribution in [-0.4, -0.2) is 114 Å². The molecule has 1 unspecified atom stereocenters. The SMILES string of the molecule is C#C[C@@]1(C)C2=C(C)[C@@H](OC(=O)[C@H](O)[C@@H](NC(=O)OC(C)(C)C)c3ccccc3)[C@@H]3OC4=CC4[C@@]31[C@@H](OC(=O)c1ccccc1)[C@@H]1[C@]3(OC(C)=O)CO[C@@H]3C[C@H](OC)[C@@]1(C)C(=O)[C@@H]2OC(=O)SCC. The molecule has 6 aliphatic rings. The summed E-state index contributed by atoms with van der Waals surface area (Å²) in [4.78, 5) is 86.5. The van der Waals surface area contributed by atoms with Crippen LogP contribution in [0.25, 0.3) is 0 Å². The number of alkyl carbamates (subject to hydrolysis) is 1. The summed E-state index contributed by atoms with van der Waals surface area (Å²) in [7, 11) is 1.42. The molecule has 8 rings (SSSR count). The fourth-order valence-corrected chi connectivity index (χ4v) is 12.2. The van der Waals surface area contributed by atoms with Crippen molar-refractivity contribution in [2.24, 2.45) is 28.1 Å². The first-order valence-corrected chi connectivity index (χ1v) is 23.6. The van der Waals surface area contributed by atoms with Crippen LogP contribution in [0.15, 0.2) is 83.6 Å². The predicted molar refractivity (Wildman–Crippen MR) is 243 cm³/mol. The molecule has 68 heavy (non-hydrogen) atoms. The summed E-state index contributed by atoms with van der Waals surface area (Å²) in [6.45, 7) is 12.6. The van der Waals surface area contributed by atoms with Gasteiger partial charge < -0.3 is 48.3 Å². The lowest BCUT2D eigenvalue weighted by Crippen LogP contribution is -2.82. The van der Waals surface area contributed by atoms with E-state index in [0.29, 0.717) is 11.3 Å². The molecular weight excluding hydrogens is 899 g/mol. The third kappa shape index (κ3) is 7.58. The molecule has 2 saturated carbocycles. The van der Waals surface area contributed by atoms with Crippen molar-refractivity contribution in [3.05, 3.63) is 94.8 Å². The van der Waals surface area contributed by atoms with Gasteiger partial charge in [-0.2, -0.15) is 0 Å². The number of benzene rings is 2. The Morgan fingerprint density at radius 2 is 1.68 bits per heavy atom. The molecule has 362 valence electrons. The molecule has 4 aliphatic carbocycles. The topological polar surface area (TPSA) is 209 Å². The lowest BCUT2D eigenvalue weighted by Gasteiger charge is -2.68. The smallest absolute Gasteiger partial charge is 0.408 e. The number of hydrogen-bond donors (Lipinski definition) is 2. The van der Waals surface area contributed by atoms with Crippen molar-refractivity contribution in [2.75, 3.05) is 19.5 Å². The second-order valence-corrected chi connectivity index (χ2v) is 20.7. The Balaban J connectivity index is 1.38. The Bertz CT molecular complexity index is 2500. The molecule has 0 radical (unpaired) electrons. The summed E-state index contributed by atoms with van der Waals surface area (Å²) in [5.41, 5.74) is -7.21. The molecule has 1 spiro atoms. The van der Waals surface area contributed by atoms with Gasteiger partial charge in [-0.15, -0.1) is 6.42 Å². The number of aliphatic hydroxyl groups excluding tert-OH is 1. The predicted octanol–water partition coefficient (Wildman–Crippen LogP) is 6.20. The maximum atomic E-state index is 16.2. The van der Waals surface area contributed by atoms with E-state index >= 15 is 4.79 Å². The molecule has 2 saturated heterocycles. The number of ether oxygens (including phenoxy) is 8. The number of carbonyl (C=O) groups is 6. The minimum absolute atomic E-state index is 0.0502. The van der Waals surface area contributed by atoms with Crippen LogP contribution in [0, 0.1) is 40.4 Å². The van der Waals surface area contributed by atoms with Crippen molar-refractivity contribution in [1.29, 1.82) is 0 Å². The zero-order valence-corrected chi connectivity index (χ0v) is 40.2. The molecule has 2 aromatic rings. The van der Waals surface area contributed by atoms with Gasteiger partial charge in [-0.1, -0.05) is 61.4 Å². The maximum absolute atomic E-state index is 16.2. The Morgan fingerprint density at radius 1 is 1.01 bits per heavy atom. The number of allylic oxidation sites excluding steroid dienone is 2. The number of hydrogen-bond acceptors (Lipinski definition) is 16. The van der Waals surface area contributed by atoms with Crippen molar-refractivity contribution >= 4 is 46.8 Å². The summed E-state index contributed by atoms with van der Waals surface area (Å²) in [6, 6.07) is 15.0. The second kappa shape index (κ2) is 17.7. The van der Waals surface area contributed by atoms with Gasteiger partial charge in [0, 0.05) is 26.2 Å². The van der Waals surface area contributed by atoms with Crippen molar-refractivity contribution < 1.29 is 71.8 Å². The normalized spacial score (nSPS) is 34.9. The van der Waals surface area contributed by atoms with Gasteiger partial charge in [0.05, 0.1) is 52.4 Å². The van der Waals surface area contributed by atoms with E-state index in [1.807, 2.05) is 0 Å². The first-order valence-electron chi connectivity index (χ1n) is 22.6. The third-order valence-electron chi connectivity index (χ3n) is 14.7. The highest BCUT2D eigenvalue weighted by Crippen LogP contribution is 2.75. The quantitative estimate of drug-likeness (QED) is 0.111. The number of nitrogens with one attached hydrogen (secondary N) is 1. The van der Waals surface area contributed by atoms with Gasteiger partial charge in [0.2, 0.25) is 0 Å². The van der Waals surface area contributed by atoms with E-state index in [0.717, 1.165) is 11.8 Å². The number of Topliss-reactive ketones (excluding diaryl/α,β-unsaturated/α-hetero) is 1. The number of carbonyl (C=O) groups excluding carboxylic acids is 6. The van der Waals surface area contributed by atoms with Gasteiger partial charge in [-0.05, 0) is 88.2 Å². The number of rotatable bonds is 11. The van der Waals surface area contributed by atoms with E-state index in [-0.39, 0.29) is 35.5 Å². The van der Waals surface area contributed by atoms with E-state index in [1.165, 1.54) is 14.0 Å². The number of amides is 1. The third-order valence-corrected chi connectivity index (χ3v) is 15.3. The number of thioether (sulfide) groups is 1. The molecule has 16 nitrogen and oxygen atoms in total. The zero-order chi connectivity index (χ0) is 49.3. The van der Waals surface area contributed by atoms with Crippen LogP contribution in [-0.2, 0) is 52.3 Å². The summed E-state index contributed by atoms with van der Waals surface area (Å²) in [5.74, 6) is -1.92. The van der Waals surface area contributed by atoms with Crippen molar-refractivity contribution in [1.82, 2.24) is 5.32 Å². The maximum Gasteiger partial charge on any atom is 0.408 e. The van der Waals surface area contributed by atoms with Crippen molar-refractivity contribution in [3.8, 4) is 12.3 Å². The summed E-state index contributed by atoms with van der Waals surface area (Å²) in [5, 5.41) is 13.8. The fourth-order valence-electron chi connectivity index (χ4n) is 11.8. The van der Waals surface area contributed by atoms with Crippen LogP contribution in [0.2, 0.25) is 0 Å². The van der Waals surface area contributed by atoms with E-state index in [2.05, 4.69) is 11.2 Å². The average molecular weight is 956 g/mol. The average Bonchev–Trinajstić information content (AvgIpc) is 3.98. The van der Waals surface area contributed by atoms with Gasteiger partial charge in [0.25, 0.3) is 0 Å². The largest absolute Gasteiger partial charge is 0.489 e. The van der Waals surface area contributed by atoms with Crippen LogP contribution in [0.1, 0.15) is 83.8 Å². The molecule has 1 amide bonds. The molecule has 2 aromatic carbocycles. The number of aliphatic hydroxyl groups is 1. The Labute approximate surface area is 399 Å². The van der Waals surface area contributed by atoms with Gasteiger partial charge in [0.15, 0.2) is 35.8 Å². The molecule has 0 aromatic heterocycles. The molecule has 2 N–H and O–H groups in total. The van der Waals surface area contributed by atoms with E-state index in [4.69, 9.17) is 44.3 Å². The van der Waals surface area contributed by atoms with Gasteiger partial charge in [-0.3, -0.25) is 9.59 Å². The molecule has 2 aliphatic heterocycles.